The second-order valence-corrected chi connectivity index (χ2v) is 9.88. The standard InChI is InChI=1S/C27H21IN2O3S/c1-16(2)33-18-7-9-19(10-8-18)34-30-25-13-6-17(15-29)14-23(25)20-11-12-22(27(31)32)26-21(20)4-3-5-24(26)28/h3-14,16,30H,1-2H3,(H,31,32). The van der Waals surface area contributed by atoms with E-state index in [2.05, 4.69) is 33.4 Å². The number of hydrogen-bond acceptors (Lipinski definition) is 5. The molecule has 4 aromatic rings. The molecule has 0 atom stereocenters. The Labute approximate surface area is 216 Å². The van der Waals surface area contributed by atoms with E-state index in [1.54, 1.807) is 12.1 Å². The van der Waals surface area contributed by atoms with Crippen LogP contribution in [0, 0.1) is 14.9 Å². The Morgan fingerprint density at radius 1 is 1.06 bits per heavy atom. The number of carboxylic acid groups (broad SMARTS) is 1. The van der Waals surface area contributed by atoms with Gasteiger partial charge in [-0.05, 0) is 114 Å². The lowest BCUT2D eigenvalue weighted by Crippen LogP contribution is -2.05. The summed E-state index contributed by atoms with van der Waals surface area (Å²) in [6.07, 6.45) is 0.114. The van der Waals surface area contributed by atoms with Gasteiger partial charge in [-0.3, -0.25) is 0 Å². The summed E-state index contributed by atoms with van der Waals surface area (Å²) >= 11 is 3.62. The van der Waals surface area contributed by atoms with E-state index in [1.807, 2.05) is 74.5 Å². The molecule has 0 aromatic heterocycles. The van der Waals surface area contributed by atoms with Gasteiger partial charge in [0.15, 0.2) is 0 Å². The van der Waals surface area contributed by atoms with Gasteiger partial charge < -0.3 is 14.6 Å². The van der Waals surface area contributed by atoms with Gasteiger partial charge >= 0.3 is 5.97 Å². The van der Waals surface area contributed by atoms with Crippen molar-refractivity contribution in [2.75, 3.05) is 4.72 Å². The minimum absolute atomic E-state index is 0.114. The Morgan fingerprint density at radius 2 is 1.82 bits per heavy atom. The second kappa shape index (κ2) is 10.4. The Balaban J connectivity index is 1.74. The van der Waals surface area contributed by atoms with Crippen molar-refractivity contribution in [3.05, 3.63) is 87.5 Å². The number of nitriles is 1. The number of carbonyl (C=O) groups is 1. The number of benzene rings is 4. The maximum Gasteiger partial charge on any atom is 0.336 e. The molecule has 0 aliphatic rings. The molecule has 0 radical (unpaired) electrons. The summed E-state index contributed by atoms with van der Waals surface area (Å²) in [7, 11) is 0. The van der Waals surface area contributed by atoms with E-state index in [4.69, 9.17) is 4.74 Å². The van der Waals surface area contributed by atoms with Crippen LogP contribution in [0.2, 0.25) is 0 Å². The van der Waals surface area contributed by atoms with Crippen LogP contribution >= 0.6 is 34.5 Å². The monoisotopic (exact) mass is 580 g/mol. The first-order valence-electron chi connectivity index (χ1n) is 10.6. The summed E-state index contributed by atoms with van der Waals surface area (Å²) in [5.41, 5.74) is 3.30. The second-order valence-electron chi connectivity index (χ2n) is 7.84. The van der Waals surface area contributed by atoms with Crippen LogP contribution in [0.15, 0.2) is 77.7 Å². The topological polar surface area (TPSA) is 82.3 Å². The molecule has 5 nitrogen and oxygen atoms in total. The zero-order chi connectivity index (χ0) is 24.2. The van der Waals surface area contributed by atoms with E-state index in [-0.39, 0.29) is 11.7 Å². The first-order valence-corrected chi connectivity index (χ1v) is 12.5. The van der Waals surface area contributed by atoms with Gasteiger partial charge in [-0.25, -0.2) is 4.79 Å². The fourth-order valence-electron chi connectivity index (χ4n) is 3.67. The predicted molar refractivity (Wildman–Crippen MR) is 145 cm³/mol. The number of ether oxygens (including phenoxy) is 1. The van der Waals surface area contributed by atoms with Gasteiger partial charge in [0.25, 0.3) is 0 Å². The van der Waals surface area contributed by atoms with Crippen LogP contribution in [0.1, 0.15) is 29.8 Å². The van der Waals surface area contributed by atoms with Crippen LogP contribution in [0.4, 0.5) is 5.69 Å². The van der Waals surface area contributed by atoms with Crippen LogP contribution in [-0.4, -0.2) is 17.2 Å². The summed E-state index contributed by atoms with van der Waals surface area (Å²) in [6.45, 7) is 3.98. The average molecular weight is 580 g/mol. The molecule has 0 aliphatic carbocycles. The third-order valence-corrected chi connectivity index (χ3v) is 6.86. The highest BCUT2D eigenvalue weighted by Gasteiger charge is 2.17. The van der Waals surface area contributed by atoms with Gasteiger partial charge in [-0.15, -0.1) is 0 Å². The van der Waals surface area contributed by atoms with Crippen LogP contribution in [0.3, 0.4) is 0 Å². The molecule has 34 heavy (non-hydrogen) atoms. The smallest absolute Gasteiger partial charge is 0.336 e. The van der Waals surface area contributed by atoms with E-state index in [1.165, 1.54) is 11.9 Å². The molecule has 4 aromatic carbocycles. The average Bonchev–Trinajstić information content (AvgIpc) is 2.82. The number of anilines is 1. The van der Waals surface area contributed by atoms with E-state index >= 15 is 0 Å². The maximum absolute atomic E-state index is 11.9. The Hall–Kier alpha value is -3.22. The van der Waals surface area contributed by atoms with Crippen molar-refractivity contribution in [2.24, 2.45) is 0 Å². The molecule has 4 rings (SSSR count). The highest BCUT2D eigenvalue weighted by molar-refractivity contribution is 14.1. The maximum atomic E-state index is 11.9. The Kier molecular flexibility index (Phi) is 7.29. The summed E-state index contributed by atoms with van der Waals surface area (Å²) in [5, 5.41) is 20.7. The SMILES string of the molecule is CC(C)Oc1ccc(SNc2ccc(C#N)cc2-c2ccc(C(=O)O)c3c(I)cccc23)cc1. The first kappa shape index (κ1) is 23.9. The molecule has 0 amide bonds. The van der Waals surface area contributed by atoms with Crippen LogP contribution < -0.4 is 9.46 Å². The number of rotatable bonds is 7. The number of nitrogens with zero attached hydrogens (tertiary/aromatic N) is 1. The zero-order valence-corrected chi connectivity index (χ0v) is 21.5. The third-order valence-electron chi connectivity index (χ3n) is 5.13. The van der Waals surface area contributed by atoms with Crippen molar-refractivity contribution in [1.82, 2.24) is 0 Å². The van der Waals surface area contributed by atoms with Gasteiger partial charge in [0, 0.05) is 19.4 Å². The third kappa shape index (κ3) is 5.13. The van der Waals surface area contributed by atoms with Crippen LogP contribution in [0.5, 0.6) is 5.75 Å². The summed E-state index contributed by atoms with van der Waals surface area (Å²) in [6, 6.07) is 24.7. The molecule has 0 unspecified atom stereocenters. The number of carboxylic acids is 1. The fourth-order valence-corrected chi connectivity index (χ4v) is 5.14. The van der Waals surface area contributed by atoms with Crippen LogP contribution in [0.25, 0.3) is 21.9 Å². The molecule has 170 valence electrons. The van der Waals surface area contributed by atoms with Crippen molar-refractivity contribution in [2.45, 2.75) is 24.8 Å². The number of halogens is 1. The minimum atomic E-state index is -0.967. The molecule has 0 saturated heterocycles. The molecule has 0 saturated carbocycles. The molecule has 0 spiro atoms. The number of hydrogen-bond donors (Lipinski definition) is 2. The van der Waals surface area contributed by atoms with Gasteiger partial charge in [-0.1, -0.05) is 18.2 Å². The van der Waals surface area contributed by atoms with Gasteiger partial charge in [0.1, 0.15) is 5.75 Å². The largest absolute Gasteiger partial charge is 0.491 e. The van der Waals surface area contributed by atoms with Gasteiger partial charge in [-0.2, -0.15) is 5.26 Å². The molecule has 7 heteroatoms. The molecule has 0 aliphatic heterocycles. The van der Waals surface area contributed by atoms with Gasteiger partial charge in [0.05, 0.1) is 29.0 Å². The van der Waals surface area contributed by atoms with E-state index in [0.29, 0.717) is 10.9 Å². The Bertz CT molecular complexity index is 1410. The molecular weight excluding hydrogens is 559 g/mol. The summed E-state index contributed by atoms with van der Waals surface area (Å²) in [4.78, 5) is 12.9. The molecular formula is C27H21IN2O3S. The lowest BCUT2D eigenvalue weighted by Gasteiger charge is -2.16. The zero-order valence-electron chi connectivity index (χ0n) is 18.5. The molecule has 0 heterocycles. The number of aromatic carboxylic acids is 1. The van der Waals surface area contributed by atoms with Gasteiger partial charge in [0.2, 0.25) is 0 Å². The van der Waals surface area contributed by atoms with Crippen molar-refractivity contribution in [3.63, 3.8) is 0 Å². The summed E-state index contributed by atoms with van der Waals surface area (Å²) in [5.74, 6) is -0.150. The highest BCUT2D eigenvalue weighted by atomic mass is 127. The number of fused-ring (bicyclic) bond motifs is 1. The fraction of sp³-hybridized carbons (Fsp3) is 0.111. The van der Waals surface area contributed by atoms with Crippen LogP contribution in [-0.2, 0) is 0 Å². The van der Waals surface area contributed by atoms with E-state index in [0.717, 1.165) is 36.4 Å². The summed E-state index contributed by atoms with van der Waals surface area (Å²) < 4.78 is 9.97. The lowest BCUT2D eigenvalue weighted by atomic mass is 9.93. The van der Waals surface area contributed by atoms with Crippen molar-refractivity contribution < 1.29 is 14.6 Å². The van der Waals surface area contributed by atoms with Crippen molar-refractivity contribution in [3.8, 4) is 22.9 Å². The Morgan fingerprint density at radius 3 is 2.50 bits per heavy atom. The molecule has 0 fully saturated rings. The highest BCUT2D eigenvalue weighted by Crippen LogP contribution is 2.39. The lowest BCUT2D eigenvalue weighted by molar-refractivity contribution is 0.0699. The van der Waals surface area contributed by atoms with Crippen molar-refractivity contribution in [1.29, 1.82) is 5.26 Å². The van der Waals surface area contributed by atoms with E-state index < -0.39 is 5.97 Å². The number of nitrogens with one attached hydrogen (secondary N) is 1. The molecule has 2 N–H and O–H groups in total. The van der Waals surface area contributed by atoms with Crippen molar-refractivity contribution >= 4 is 57.0 Å². The minimum Gasteiger partial charge on any atom is -0.491 e. The normalized spacial score (nSPS) is 10.8. The van der Waals surface area contributed by atoms with E-state index in [9.17, 15) is 15.2 Å². The quantitative estimate of drug-likeness (QED) is 0.173. The molecule has 0 bridgehead atoms. The predicted octanol–water partition coefficient (Wildman–Crippen LogP) is 7.59. The first-order chi connectivity index (χ1) is 16.4.